The van der Waals surface area contributed by atoms with Gasteiger partial charge < -0.3 is 20.4 Å². The van der Waals surface area contributed by atoms with Gasteiger partial charge in [0.15, 0.2) is 0 Å². The van der Waals surface area contributed by atoms with Crippen LogP contribution in [0, 0.1) is 0 Å². The Balaban J connectivity index is 0.000000163. The molecule has 416 valence electrons. The number of aliphatic imine (C=N–C) groups is 4. The van der Waals surface area contributed by atoms with Gasteiger partial charge in [-0.2, -0.15) is 0 Å². The summed E-state index contributed by atoms with van der Waals surface area (Å²) in [5.41, 5.74) is 7.21. The molecule has 0 saturated heterocycles. The Bertz CT molecular complexity index is 3670. The summed E-state index contributed by atoms with van der Waals surface area (Å²) in [6.45, 7) is 8.12. The van der Waals surface area contributed by atoms with Crippen molar-refractivity contribution in [3.05, 3.63) is 311 Å². The monoisotopic (exact) mass is 1220 g/mol. The van der Waals surface area contributed by atoms with Gasteiger partial charge >= 0.3 is 39.0 Å². The molecular weight excluding hydrogens is 1160 g/mol. The van der Waals surface area contributed by atoms with Crippen LogP contribution in [0.2, 0.25) is 0 Å². The molecule has 12 aromatic carbocycles. The van der Waals surface area contributed by atoms with Crippen LogP contribution < -0.4 is 20.4 Å². The maximum Gasteiger partial charge on any atom is 2.00 e. The molecule has 0 amide bonds. The van der Waals surface area contributed by atoms with Crippen LogP contribution in [-0.2, 0) is 39.0 Å². The van der Waals surface area contributed by atoms with Gasteiger partial charge in [0.2, 0.25) is 0 Å². The topological polar surface area (TPSA) is 142 Å². The Morgan fingerprint density at radius 3 is 0.605 bits per heavy atom. The first-order valence-corrected chi connectivity index (χ1v) is 28.1. The molecule has 0 bridgehead atoms. The molecule has 12 aromatic rings. The summed E-state index contributed by atoms with van der Waals surface area (Å²) in [6.07, 6.45) is 6.84. The van der Waals surface area contributed by atoms with E-state index in [4.69, 9.17) is 0 Å². The van der Waals surface area contributed by atoms with E-state index in [-0.39, 0.29) is 86.1 Å². The van der Waals surface area contributed by atoms with E-state index in [1.54, 1.807) is 49.1 Å². The number of benzene rings is 12. The Kier molecular flexibility index (Phi) is 24.1. The number of nitrogens with zero attached hydrogens (tertiary/aromatic N) is 4. The van der Waals surface area contributed by atoms with E-state index < -0.39 is 0 Å². The van der Waals surface area contributed by atoms with Crippen molar-refractivity contribution in [1.29, 1.82) is 0 Å². The second kappa shape index (κ2) is 32.2. The number of fused-ring (bicyclic) bond motifs is 4. The van der Waals surface area contributed by atoms with E-state index in [1.807, 2.05) is 270 Å². The molecule has 0 aliphatic heterocycles. The van der Waals surface area contributed by atoms with Crippen LogP contribution in [0.25, 0.3) is 43.1 Å². The van der Waals surface area contributed by atoms with E-state index in [9.17, 15) is 20.4 Å². The molecule has 0 aliphatic carbocycles. The second-order valence-electron chi connectivity index (χ2n) is 20.3. The molecule has 0 unspecified atom stereocenters. The minimum absolute atomic E-state index is 0. The third kappa shape index (κ3) is 17.0. The Morgan fingerprint density at radius 1 is 0.233 bits per heavy atom. The third-order valence-electron chi connectivity index (χ3n) is 14.6. The molecule has 0 fully saturated rings. The molecule has 12 rings (SSSR count). The summed E-state index contributed by atoms with van der Waals surface area (Å²) in [5.74, 6) is 0.0471. The average molecular weight is 1230 g/mol. The SMILES string of the molecule is C[C@@H](N=Cc1c([O-])ccc2ccccc12)c1ccccc1.C[C@@H](N=Cc1c([O-])ccc2ccccc12)c1ccccc1.C[C@@H](N=Cc1c([O-])ccc2ccccc12)c1ccccc1.C[C@@H](N=Cc1c([O-])ccc2ccccc12)c1ccccc1.[Zn+2].[Zn+2]. The van der Waals surface area contributed by atoms with Crippen molar-refractivity contribution >= 4 is 67.9 Å². The summed E-state index contributed by atoms with van der Waals surface area (Å²) < 4.78 is 0. The van der Waals surface area contributed by atoms with Gasteiger partial charge in [0.05, 0.1) is 24.2 Å². The second-order valence-corrected chi connectivity index (χ2v) is 20.3. The van der Waals surface area contributed by atoms with Gasteiger partial charge in [-0.3, -0.25) is 20.0 Å². The van der Waals surface area contributed by atoms with Crippen molar-refractivity contribution in [2.75, 3.05) is 0 Å². The van der Waals surface area contributed by atoms with Crippen LogP contribution in [0.15, 0.2) is 287 Å². The van der Waals surface area contributed by atoms with Crippen molar-refractivity contribution < 1.29 is 59.4 Å². The first-order valence-electron chi connectivity index (χ1n) is 28.1. The van der Waals surface area contributed by atoms with Crippen LogP contribution in [0.3, 0.4) is 0 Å². The van der Waals surface area contributed by atoms with Gasteiger partial charge in [0.25, 0.3) is 0 Å². The normalized spacial score (nSPS) is 12.5. The molecular formula is C76H64N4O4Zn2. The Labute approximate surface area is 529 Å². The molecule has 8 nitrogen and oxygen atoms in total. The Morgan fingerprint density at radius 2 is 0.407 bits per heavy atom. The average Bonchev–Trinajstić information content (AvgIpc) is 3.27. The fourth-order valence-corrected chi connectivity index (χ4v) is 9.65. The number of rotatable bonds is 12. The summed E-state index contributed by atoms with van der Waals surface area (Å²) >= 11 is 0. The van der Waals surface area contributed by atoms with Crippen LogP contribution >= 0.6 is 0 Å². The standard InChI is InChI=1S/4C19H17NO.2Zn/c4*1-14(15-7-3-2-4-8-15)20-13-18-17-10-6-5-9-16(17)11-12-19(18)21;;/h4*2-14,21H,1H3;;/q;;;;2*+2/p-4/t4*14-;;/m1111../s1. The van der Waals surface area contributed by atoms with Gasteiger partial charge in [0.1, 0.15) is 0 Å². The van der Waals surface area contributed by atoms with Crippen molar-refractivity contribution in [3.63, 3.8) is 0 Å². The zero-order valence-corrected chi connectivity index (χ0v) is 54.8. The minimum Gasteiger partial charge on any atom is -0.872 e. The minimum atomic E-state index is 0. The summed E-state index contributed by atoms with van der Waals surface area (Å²) in [7, 11) is 0. The van der Waals surface area contributed by atoms with Crippen molar-refractivity contribution in [1.82, 2.24) is 0 Å². The quantitative estimate of drug-likeness (QED) is 0.0887. The van der Waals surface area contributed by atoms with E-state index in [2.05, 4.69) is 20.0 Å². The fourth-order valence-electron chi connectivity index (χ4n) is 9.65. The van der Waals surface area contributed by atoms with Crippen LogP contribution in [0.4, 0.5) is 0 Å². The zero-order valence-electron chi connectivity index (χ0n) is 48.9. The molecule has 0 aromatic heterocycles. The van der Waals surface area contributed by atoms with Crippen molar-refractivity contribution in [3.8, 4) is 23.0 Å². The van der Waals surface area contributed by atoms with Crippen LogP contribution in [0.1, 0.15) is 96.4 Å². The molecule has 86 heavy (non-hydrogen) atoms. The molecule has 0 N–H and O–H groups in total. The summed E-state index contributed by atoms with van der Waals surface area (Å²) in [6, 6.07) is 85.8. The first kappa shape index (κ1) is 64.4. The molecule has 0 heterocycles. The maximum atomic E-state index is 12.1. The molecule has 0 radical (unpaired) electrons. The third-order valence-corrected chi connectivity index (χ3v) is 14.6. The van der Waals surface area contributed by atoms with Gasteiger partial charge in [0, 0.05) is 24.9 Å². The van der Waals surface area contributed by atoms with Crippen molar-refractivity contribution in [2.24, 2.45) is 20.0 Å². The first-order chi connectivity index (χ1) is 41.0. The molecule has 0 saturated carbocycles. The summed E-state index contributed by atoms with van der Waals surface area (Å²) in [4.78, 5) is 18.2. The van der Waals surface area contributed by atoms with E-state index in [1.165, 1.54) is 0 Å². The van der Waals surface area contributed by atoms with Gasteiger partial charge in [-0.05, 0) is 115 Å². The predicted octanol–water partition coefficient (Wildman–Crippen LogP) is 16.4. The van der Waals surface area contributed by atoms with Gasteiger partial charge in [-0.25, -0.2) is 0 Å². The fraction of sp³-hybridized carbons (Fsp3) is 0.105. The van der Waals surface area contributed by atoms with Gasteiger partial charge in [-0.15, -0.1) is 0 Å². The van der Waals surface area contributed by atoms with Crippen LogP contribution in [-0.4, -0.2) is 24.9 Å². The van der Waals surface area contributed by atoms with E-state index in [0.29, 0.717) is 22.3 Å². The number of hydrogen-bond acceptors (Lipinski definition) is 8. The van der Waals surface area contributed by atoms with Crippen LogP contribution in [0.5, 0.6) is 23.0 Å². The number of hydrogen-bond donors (Lipinski definition) is 0. The predicted molar refractivity (Wildman–Crippen MR) is 343 cm³/mol. The van der Waals surface area contributed by atoms with Gasteiger partial charge in [-0.1, -0.05) is 290 Å². The zero-order chi connectivity index (χ0) is 58.6. The van der Waals surface area contributed by atoms with E-state index >= 15 is 0 Å². The van der Waals surface area contributed by atoms with Crippen molar-refractivity contribution in [2.45, 2.75) is 51.9 Å². The summed E-state index contributed by atoms with van der Waals surface area (Å²) in [5, 5.41) is 56.4. The smallest absolute Gasteiger partial charge is 0.872 e. The molecule has 0 spiro atoms. The molecule has 10 heteroatoms. The molecule has 4 atom stereocenters. The largest absolute Gasteiger partial charge is 2.00 e. The Hall–Kier alpha value is -9.19. The van der Waals surface area contributed by atoms with E-state index in [0.717, 1.165) is 65.3 Å². The molecule has 0 aliphatic rings. The maximum absolute atomic E-state index is 12.1.